The van der Waals surface area contributed by atoms with Crippen LogP contribution in [0, 0.1) is 0 Å². The summed E-state index contributed by atoms with van der Waals surface area (Å²) in [6.45, 7) is 1.32. The predicted octanol–water partition coefficient (Wildman–Crippen LogP) is 5.53. The summed E-state index contributed by atoms with van der Waals surface area (Å²) in [6.07, 6.45) is 0.824. The molecule has 1 unspecified atom stereocenters. The largest absolute Gasteiger partial charge is 0.383 e. The van der Waals surface area contributed by atoms with Gasteiger partial charge >= 0.3 is 0 Å². The Morgan fingerprint density at radius 1 is 0.921 bits per heavy atom. The van der Waals surface area contributed by atoms with E-state index in [1.54, 1.807) is 23.3 Å². The molecule has 0 N–H and O–H groups in total. The van der Waals surface area contributed by atoms with Gasteiger partial charge in [0.25, 0.3) is 0 Å². The quantitative estimate of drug-likeness (QED) is 0.289. The van der Waals surface area contributed by atoms with Crippen molar-refractivity contribution in [2.24, 2.45) is 0 Å². The van der Waals surface area contributed by atoms with E-state index >= 15 is 0 Å². The maximum atomic E-state index is 14.2. The lowest BCUT2D eigenvalue weighted by molar-refractivity contribution is -0.142. The Hall–Kier alpha value is -3.74. The lowest BCUT2D eigenvalue weighted by atomic mass is 9.90. The van der Waals surface area contributed by atoms with Crippen LogP contribution in [-0.2, 0) is 20.7 Å². The van der Waals surface area contributed by atoms with E-state index in [9.17, 15) is 9.59 Å². The van der Waals surface area contributed by atoms with Crippen LogP contribution >= 0.6 is 11.3 Å². The van der Waals surface area contributed by atoms with Crippen LogP contribution in [0.15, 0.2) is 102 Å². The molecule has 0 bridgehead atoms. The van der Waals surface area contributed by atoms with Crippen molar-refractivity contribution in [1.29, 1.82) is 0 Å². The predicted molar refractivity (Wildman–Crippen MR) is 151 cm³/mol. The van der Waals surface area contributed by atoms with E-state index in [1.165, 1.54) is 10.4 Å². The van der Waals surface area contributed by atoms with Gasteiger partial charge in [-0.25, -0.2) is 0 Å². The molecule has 2 heterocycles. The number of methoxy groups -OCH3 is 1. The smallest absolute Gasteiger partial charge is 0.242 e. The van der Waals surface area contributed by atoms with Crippen molar-refractivity contribution in [1.82, 2.24) is 9.80 Å². The van der Waals surface area contributed by atoms with Crippen LogP contribution in [0.3, 0.4) is 0 Å². The summed E-state index contributed by atoms with van der Waals surface area (Å²) in [5, 5.41) is 2.10. The van der Waals surface area contributed by atoms with Crippen LogP contribution in [0.25, 0.3) is 0 Å². The minimum Gasteiger partial charge on any atom is -0.383 e. The van der Waals surface area contributed by atoms with Gasteiger partial charge in [0.1, 0.15) is 0 Å². The van der Waals surface area contributed by atoms with Crippen LogP contribution in [0.2, 0.25) is 0 Å². The van der Waals surface area contributed by atoms with Gasteiger partial charge in [-0.3, -0.25) is 9.59 Å². The Labute approximate surface area is 228 Å². The Morgan fingerprint density at radius 3 is 2.13 bits per heavy atom. The van der Waals surface area contributed by atoms with E-state index < -0.39 is 5.92 Å². The first kappa shape index (κ1) is 25.9. The third-order valence-electron chi connectivity index (χ3n) is 7.12. The molecule has 0 aliphatic carbocycles. The average molecular weight is 525 g/mol. The van der Waals surface area contributed by atoms with Crippen molar-refractivity contribution in [3.05, 3.63) is 130 Å². The highest BCUT2D eigenvalue weighted by Crippen LogP contribution is 2.38. The van der Waals surface area contributed by atoms with Crippen molar-refractivity contribution in [3.63, 3.8) is 0 Å². The van der Waals surface area contributed by atoms with Gasteiger partial charge in [-0.2, -0.15) is 0 Å². The molecule has 2 amide bonds. The molecule has 1 aromatic heterocycles. The zero-order valence-electron chi connectivity index (χ0n) is 21.5. The minimum atomic E-state index is -0.503. The summed E-state index contributed by atoms with van der Waals surface area (Å²) in [6, 6.07) is 31.7. The zero-order chi connectivity index (χ0) is 26.3. The first-order valence-electron chi connectivity index (χ1n) is 13.0. The molecular formula is C32H32N2O3S. The number of thiophene rings is 1. The molecule has 1 aliphatic rings. The molecule has 5 rings (SSSR count). The topological polar surface area (TPSA) is 49.9 Å². The summed E-state index contributed by atoms with van der Waals surface area (Å²) < 4.78 is 5.35. The third kappa shape index (κ3) is 5.57. The highest BCUT2D eigenvalue weighted by atomic mass is 32.1. The fraction of sp³-hybridized carbons (Fsp3) is 0.250. The third-order valence-corrected chi connectivity index (χ3v) is 8.11. The molecular weight excluding hydrogens is 492 g/mol. The summed E-state index contributed by atoms with van der Waals surface area (Å²) in [5.41, 5.74) is 4.08. The van der Waals surface area contributed by atoms with Crippen molar-refractivity contribution in [2.45, 2.75) is 18.4 Å². The van der Waals surface area contributed by atoms with Crippen LogP contribution in [0.5, 0.6) is 0 Å². The Bertz CT molecular complexity index is 1300. The van der Waals surface area contributed by atoms with Gasteiger partial charge in [-0.05, 0) is 40.1 Å². The van der Waals surface area contributed by atoms with Crippen LogP contribution in [0.1, 0.15) is 39.1 Å². The molecule has 1 atom stereocenters. The van der Waals surface area contributed by atoms with E-state index in [1.807, 2.05) is 83.8 Å². The van der Waals surface area contributed by atoms with Crippen LogP contribution in [-0.4, -0.2) is 55.0 Å². The number of carbonyl (C=O) groups excluding carboxylic acids is 2. The number of fused-ring (bicyclic) bond motifs is 1. The van der Waals surface area contributed by atoms with E-state index in [0.29, 0.717) is 19.7 Å². The lowest BCUT2D eigenvalue weighted by Crippen LogP contribution is -2.48. The Morgan fingerprint density at radius 2 is 1.53 bits per heavy atom. The molecule has 0 fully saturated rings. The number of hydrogen-bond acceptors (Lipinski definition) is 4. The van der Waals surface area contributed by atoms with Crippen molar-refractivity contribution < 1.29 is 14.3 Å². The molecule has 6 heteroatoms. The van der Waals surface area contributed by atoms with Gasteiger partial charge in [0.05, 0.1) is 25.1 Å². The SMILES string of the molecule is COCCN(CC(=O)N1CCc2sccc2C1c1ccccc1)C(=O)C(c1ccccc1)c1ccccc1. The molecule has 1 aliphatic heterocycles. The molecule has 3 aromatic carbocycles. The van der Waals surface area contributed by atoms with Gasteiger partial charge in [0.15, 0.2) is 0 Å². The first-order chi connectivity index (χ1) is 18.7. The van der Waals surface area contributed by atoms with Gasteiger partial charge in [0.2, 0.25) is 11.8 Å². The van der Waals surface area contributed by atoms with E-state index in [0.717, 1.165) is 23.1 Å². The molecule has 5 nitrogen and oxygen atoms in total. The normalized spacial score (nSPS) is 14.8. The summed E-state index contributed by atoms with van der Waals surface area (Å²) >= 11 is 1.75. The average Bonchev–Trinajstić information content (AvgIpc) is 3.45. The number of amides is 2. The number of rotatable bonds is 9. The number of ether oxygens (including phenoxy) is 1. The van der Waals surface area contributed by atoms with E-state index in [2.05, 4.69) is 23.6 Å². The fourth-order valence-electron chi connectivity index (χ4n) is 5.25. The second kappa shape index (κ2) is 12.2. The molecule has 4 aromatic rings. The Balaban J connectivity index is 1.45. The zero-order valence-corrected chi connectivity index (χ0v) is 22.3. The summed E-state index contributed by atoms with van der Waals surface area (Å²) in [7, 11) is 1.62. The van der Waals surface area contributed by atoms with Gasteiger partial charge in [-0.15, -0.1) is 11.3 Å². The molecule has 0 radical (unpaired) electrons. The maximum absolute atomic E-state index is 14.2. The van der Waals surface area contributed by atoms with Crippen LogP contribution < -0.4 is 0 Å². The minimum absolute atomic E-state index is 0.00116. The van der Waals surface area contributed by atoms with Gasteiger partial charge < -0.3 is 14.5 Å². The highest BCUT2D eigenvalue weighted by molar-refractivity contribution is 7.10. The maximum Gasteiger partial charge on any atom is 0.242 e. The summed E-state index contributed by atoms with van der Waals surface area (Å²) in [4.78, 5) is 33.1. The van der Waals surface area contributed by atoms with Gasteiger partial charge in [0, 0.05) is 25.1 Å². The second-order valence-electron chi connectivity index (χ2n) is 9.46. The Kier molecular flexibility index (Phi) is 8.31. The van der Waals surface area contributed by atoms with Crippen molar-refractivity contribution >= 4 is 23.2 Å². The summed E-state index contributed by atoms with van der Waals surface area (Å²) in [5.74, 6) is -0.658. The van der Waals surface area contributed by atoms with Crippen molar-refractivity contribution in [3.8, 4) is 0 Å². The van der Waals surface area contributed by atoms with Crippen LogP contribution in [0.4, 0.5) is 0 Å². The van der Waals surface area contributed by atoms with E-state index in [4.69, 9.17) is 4.74 Å². The molecule has 38 heavy (non-hydrogen) atoms. The van der Waals surface area contributed by atoms with Crippen molar-refractivity contribution in [2.75, 3.05) is 33.4 Å². The highest BCUT2D eigenvalue weighted by Gasteiger charge is 2.35. The lowest BCUT2D eigenvalue weighted by Gasteiger charge is -2.38. The second-order valence-corrected chi connectivity index (χ2v) is 10.5. The van der Waals surface area contributed by atoms with Gasteiger partial charge in [-0.1, -0.05) is 91.0 Å². The number of nitrogens with zero attached hydrogens (tertiary/aromatic N) is 2. The standard InChI is InChI=1S/C32H32N2O3S/c1-37-21-20-33(32(36)30(24-11-5-2-6-12-24)25-13-7-3-8-14-25)23-29(35)34-19-17-28-27(18-22-38-28)31(34)26-15-9-4-10-16-26/h2-16,18,22,30-31H,17,19-21,23H2,1H3. The first-order valence-corrected chi connectivity index (χ1v) is 13.8. The monoisotopic (exact) mass is 524 g/mol. The molecule has 194 valence electrons. The molecule has 0 spiro atoms. The molecule has 0 saturated heterocycles. The number of carbonyl (C=O) groups is 2. The van der Waals surface area contributed by atoms with E-state index in [-0.39, 0.29) is 24.4 Å². The number of benzene rings is 3. The molecule has 0 saturated carbocycles. The number of hydrogen-bond donors (Lipinski definition) is 0. The fourth-order valence-corrected chi connectivity index (χ4v) is 6.16.